The molecule has 0 aliphatic carbocycles. The Morgan fingerprint density at radius 1 is 1.00 bits per heavy atom. The number of imide groups is 1. The van der Waals surface area contributed by atoms with Gasteiger partial charge in [0, 0.05) is 28.8 Å². The number of ether oxygens (including phenoxy) is 4. The minimum Gasteiger partial charge on any atom is -0.370 e. The zero-order chi connectivity index (χ0) is 28.8. The summed E-state index contributed by atoms with van der Waals surface area (Å²) in [5.74, 6) is -0.912. The molecule has 0 spiro atoms. The molecule has 2 saturated heterocycles. The number of benzene rings is 3. The van der Waals surface area contributed by atoms with Crippen LogP contribution >= 0.6 is 11.6 Å². The van der Waals surface area contributed by atoms with Crippen molar-refractivity contribution in [2.75, 3.05) is 6.61 Å². The molecule has 2 aliphatic heterocycles. The Morgan fingerprint density at radius 2 is 1.68 bits per heavy atom. The van der Waals surface area contributed by atoms with Crippen molar-refractivity contribution in [1.82, 2.24) is 4.90 Å². The molecule has 2 aliphatic rings. The minimum absolute atomic E-state index is 0.0965. The van der Waals surface area contributed by atoms with E-state index in [4.69, 9.17) is 30.5 Å². The summed E-state index contributed by atoms with van der Waals surface area (Å²) >= 11 is 5.90. The van der Waals surface area contributed by atoms with Gasteiger partial charge in [-0.25, -0.2) is 0 Å². The Kier molecular flexibility index (Phi) is 9.31. The second kappa shape index (κ2) is 13.3. The van der Waals surface area contributed by atoms with Gasteiger partial charge in [-0.3, -0.25) is 14.5 Å². The van der Waals surface area contributed by atoms with Gasteiger partial charge in [-0.2, -0.15) is 0 Å². The van der Waals surface area contributed by atoms with Gasteiger partial charge in [0.05, 0.1) is 19.3 Å². The predicted molar refractivity (Wildman–Crippen MR) is 149 cm³/mol. The molecule has 11 heteroatoms. The highest BCUT2D eigenvalue weighted by molar-refractivity contribution is 6.17. The molecule has 3 aromatic carbocycles. The summed E-state index contributed by atoms with van der Waals surface area (Å²) in [6, 6.07) is 24.4. The Morgan fingerprint density at radius 3 is 2.32 bits per heavy atom. The Balaban J connectivity index is 1.49. The number of nitrogens with zero attached hydrogens (tertiary/aromatic N) is 4. The van der Waals surface area contributed by atoms with Gasteiger partial charge in [0.15, 0.2) is 12.5 Å². The van der Waals surface area contributed by atoms with Gasteiger partial charge >= 0.3 is 0 Å². The van der Waals surface area contributed by atoms with E-state index in [-0.39, 0.29) is 24.7 Å². The predicted octanol–water partition coefficient (Wildman–Crippen LogP) is 5.52. The Labute approximate surface area is 242 Å². The fraction of sp³-hybridized carbons (Fsp3) is 0.333. The first-order valence-corrected chi connectivity index (χ1v) is 13.7. The van der Waals surface area contributed by atoms with Gasteiger partial charge in [0.1, 0.15) is 18.2 Å². The number of rotatable bonds is 8. The molecule has 2 amide bonds. The molecule has 212 valence electrons. The van der Waals surface area contributed by atoms with E-state index in [9.17, 15) is 15.1 Å². The summed E-state index contributed by atoms with van der Waals surface area (Å²) in [5, 5.41) is 4.00. The monoisotopic (exact) mass is 576 g/mol. The summed E-state index contributed by atoms with van der Waals surface area (Å²) < 4.78 is 25.0. The van der Waals surface area contributed by atoms with E-state index in [2.05, 4.69) is 10.0 Å². The molecular weight excluding hydrogens is 548 g/mol. The number of halogens is 1. The lowest BCUT2D eigenvalue weighted by molar-refractivity contribution is -0.327. The fourth-order valence-electron chi connectivity index (χ4n) is 5.02. The molecule has 10 nitrogen and oxygen atoms in total. The van der Waals surface area contributed by atoms with Gasteiger partial charge < -0.3 is 18.9 Å². The topological polar surface area (TPSA) is 123 Å². The van der Waals surface area contributed by atoms with Crippen molar-refractivity contribution in [3.8, 4) is 0 Å². The summed E-state index contributed by atoms with van der Waals surface area (Å²) in [6.45, 7) is 1.53. The van der Waals surface area contributed by atoms with E-state index in [1.54, 1.807) is 24.3 Å². The van der Waals surface area contributed by atoms with E-state index < -0.39 is 48.7 Å². The van der Waals surface area contributed by atoms with E-state index in [1.165, 1.54) is 6.92 Å². The number of carbonyl (C=O) groups excluding carboxylic acids is 2. The molecule has 0 aromatic heterocycles. The highest BCUT2D eigenvalue weighted by atomic mass is 35.5. The molecule has 6 atom stereocenters. The first-order valence-electron chi connectivity index (χ1n) is 13.2. The first kappa shape index (κ1) is 28.8. The molecular formula is C30H29ClN4O6. The molecule has 0 radical (unpaired) electrons. The van der Waals surface area contributed by atoms with E-state index in [1.807, 2.05) is 60.7 Å². The second-order valence-electron chi connectivity index (χ2n) is 9.72. The number of hydrogen-bond acceptors (Lipinski definition) is 7. The van der Waals surface area contributed by atoms with Crippen LogP contribution in [0.25, 0.3) is 10.4 Å². The molecule has 0 N–H and O–H groups in total. The van der Waals surface area contributed by atoms with Gasteiger partial charge in [-0.05, 0) is 28.8 Å². The van der Waals surface area contributed by atoms with E-state index >= 15 is 0 Å². The van der Waals surface area contributed by atoms with Crippen molar-refractivity contribution < 1.29 is 28.5 Å². The van der Waals surface area contributed by atoms with Crippen molar-refractivity contribution in [2.24, 2.45) is 5.11 Å². The van der Waals surface area contributed by atoms with Crippen LogP contribution in [-0.4, -0.2) is 53.9 Å². The van der Waals surface area contributed by atoms with Crippen LogP contribution in [0.2, 0.25) is 0 Å². The molecule has 0 bridgehead atoms. The quantitative estimate of drug-likeness (QED) is 0.151. The highest BCUT2D eigenvalue weighted by Gasteiger charge is 2.53. The third-order valence-corrected chi connectivity index (χ3v) is 7.34. The summed E-state index contributed by atoms with van der Waals surface area (Å²) in [5.41, 5.74) is 12.3. The van der Waals surface area contributed by atoms with Gasteiger partial charge in [-0.15, -0.1) is 11.6 Å². The van der Waals surface area contributed by atoms with Crippen LogP contribution in [0.1, 0.15) is 40.3 Å². The molecule has 5 rings (SSSR count). The third-order valence-electron chi connectivity index (χ3n) is 7.04. The van der Waals surface area contributed by atoms with Crippen LogP contribution in [0.4, 0.5) is 0 Å². The standard InChI is InChI=1S/C30H29ClN4O6/c1-19(36)35(28(37)22-14-12-20(16-31)13-15-22)29-25(33-34-32)27(38-17-21-8-4-2-5-9-21)26-24(40-29)18-39-30(41-26)23-10-6-3-7-11-23/h2-15,24-27,29-30H,16-18H2,1H3/t24-,25-,26-,27-,29+,30-/m1/s1. The third kappa shape index (κ3) is 6.44. The summed E-state index contributed by atoms with van der Waals surface area (Å²) in [7, 11) is 0. The number of fused-ring (bicyclic) bond motifs is 1. The fourth-order valence-corrected chi connectivity index (χ4v) is 5.20. The second-order valence-corrected chi connectivity index (χ2v) is 9.99. The van der Waals surface area contributed by atoms with Crippen molar-refractivity contribution in [1.29, 1.82) is 0 Å². The lowest BCUT2D eigenvalue weighted by Gasteiger charge is -2.50. The average Bonchev–Trinajstić information content (AvgIpc) is 3.01. The van der Waals surface area contributed by atoms with Gasteiger partial charge in [0.2, 0.25) is 5.91 Å². The van der Waals surface area contributed by atoms with Crippen LogP contribution < -0.4 is 0 Å². The van der Waals surface area contributed by atoms with Crippen LogP contribution in [0.5, 0.6) is 0 Å². The molecule has 41 heavy (non-hydrogen) atoms. The maximum Gasteiger partial charge on any atom is 0.262 e. The lowest BCUT2D eigenvalue weighted by atomic mass is 9.94. The van der Waals surface area contributed by atoms with Crippen molar-refractivity contribution in [3.63, 3.8) is 0 Å². The minimum atomic E-state index is -1.27. The zero-order valence-electron chi connectivity index (χ0n) is 22.3. The molecule has 2 fully saturated rings. The Hall–Kier alpha value is -3.76. The van der Waals surface area contributed by atoms with Gasteiger partial charge in [0.25, 0.3) is 5.91 Å². The first-order chi connectivity index (χ1) is 20.0. The van der Waals surface area contributed by atoms with Crippen molar-refractivity contribution >= 4 is 23.4 Å². The Bertz CT molecular complexity index is 1390. The zero-order valence-corrected chi connectivity index (χ0v) is 23.0. The number of alkyl halides is 1. The normalized spacial score (nSPS) is 25.4. The molecule has 0 saturated carbocycles. The van der Waals surface area contributed by atoms with Crippen LogP contribution in [0.3, 0.4) is 0 Å². The summed E-state index contributed by atoms with van der Waals surface area (Å²) in [6.07, 6.45) is -4.31. The van der Waals surface area contributed by atoms with E-state index in [0.717, 1.165) is 21.6 Å². The number of amides is 2. The van der Waals surface area contributed by atoms with Crippen LogP contribution in [0, 0.1) is 0 Å². The maximum atomic E-state index is 13.7. The smallest absolute Gasteiger partial charge is 0.262 e. The molecule has 0 unspecified atom stereocenters. The van der Waals surface area contributed by atoms with E-state index in [0.29, 0.717) is 0 Å². The highest BCUT2D eigenvalue weighted by Crippen LogP contribution is 2.38. The van der Waals surface area contributed by atoms with Crippen LogP contribution in [-0.2, 0) is 36.2 Å². The van der Waals surface area contributed by atoms with Crippen LogP contribution in [0.15, 0.2) is 90.0 Å². The maximum absolute atomic E-state index is 13.7. The number of hydrogen-bond donors (Lipinski definition) is 0. The number of carbonyl (C=O) groups is 2. The SMILES string of the molecule is CC(=O)N(C(=O)c1ccc(CCl)cc1)[C@H]1O[C@@H]2CO[C@@H](c3ccccc3)O[C@H]2[C@H](OCc2ccccc2)[C@H]1N=[N+]=[N-]. The largest absolute Gasteiger partial charge is 0.370 e. The van der Waals surface area contributed by atoms with Gasteiger partial charge in [-0.1, -0.05) is 77.9 Å². The number of azide groups is 1. The average molecular weight is 577 g/mol. The summed E-state index contributed by atoms with van der Waals surface area (Å²) in [4.78, 5) is 30.7. The molecule has 2 heterocycles. The van der Waals surface area contributed by atoms with Crippen molar-refractivity contribution in [3.05, 3.63) is 118 Å². The van der Waals surface area contributed by atoms with Crippen molar-refractivity contribution in [2.45, 2.75) is 56.3 Å². The molecule has 3 aromatic rings. The lowest BCUT2D eigenvalue weighted by Crippen LogP contribution is -2.66.